The van der Waals surface area contributed by atoms with Gasteiger partial charge in [0.25, 0.3) is 0 Å². The zero-order valence-corrected chi connectivity index (χ0v) is 69.0. The molecule has 0 N–H and O–H groups in total. The van der Waals surface area contributed by atoms with Gasteiger partial charge < -0.3 is 9.31 Å². The smallest absolute Gasteiger partial charge is 0.399 e. The minimum absolute atomic E-state index is 0.120. The molecule has 0 saturated carbocycles. The Morgan fingerprint density at radius 1 is 0.192 bits per heavy atom. The van der Waals surface area contributed by atoms with E-state index < -0.39 is 0 Å². The first-order valence-electron chi connectivity index (χ1n) is 42.5. The highest BCUT2D eigenvalue weighted by Gasteiger charge is 2.52. The Labute approximate surface area is 700 Å². The normalized spacial score (nSPS) is 14.7. The zero-order valence-electron chi connectivity index (χ0n) is 69.0. The molecule has 0 spiro atoms. The van der Waals surface area contributed by atoms with E-state index >= 15 is 0 Å². The van der Waals surface area contributed by atoms with Crippen molar-refractivity contribution in [1.82, 2.24) is 0 Å². The number of hydrogen-bond donors (Lipinski definition) is 0. The highest BCUT2D eigenvalue weighted by molar-refractivity contribution is 6.62. The fraction of sp³-hybridized carbons (Fsp3) is 0.111. The van der Waals surface area contributed by atoms with Crippen LogP contribution in [0.1, 0.15) is 83.2 Å². The first-order chi connectivity index (χ1) is 58.4. The average Bonchev–Trinajstić information content (AvgIpc) is 1.54. The number of benzene rings is 22. The SMILES string of the molecule is CC1(C)c2cc(-c3ccc(-c4ccc5ccc6cccc7ccc4c5c67)c(-c4ccccc4)c3)ccc2-c2cc3c4ccccc4c4ccccc4c3cc21.CC1(C)c2cc(B3OC(C)(C)C(C)(C)O3)ccc2-c2cc3c4ccccc4c4ccccc4c3cc21.Cc1ccc(-c2ccc3ccc4cccc5ccc2c3c45)c(-c2ccccc2)c1. The van der Waals surface area contributed by atoms with E-state index in [0.29, 0.717) is 0 Å². The van der Waals surface area contributed by atoms with Gasteiger partial charge in [0.2, 0.25) is 0 Å². The second-order valence-electron chi connectivity index (χ2n) is 36.0. The summed E-state index contributed by atoms with van der Waals surface area (Å²) < 4.78 is 12.8. The van der Waals surface area contributed by atoms with Gasteiger partial charge in [0.05, 0.1) is 11.2 Å². The zero-order chi connectivity index (χ0) is 80.8. The number of hydrogen-bond acceptors (Lipinski definition) is 2. The number of fused-ring (bicyclic) bond motifs is 18. The molecular weight excluding hydrogens is 1450 g/mol. The van der Waals surface area contributed by atoms with Crippen LogP contribution in [0, 0.1) is 6.92 Å². The Kier molecular flexibility index (Phi) is 16.0. The molecule has 1 fully saturated rings. The van der Waals surface area contributed by atoms with Crippen LogP contribution in [0.25, 0.3) is 207 Å². The molecule has 1 saturated heterocycles. The molecule has 22 aromatic carbocycles. The Balaban J connectivity index is 0.000000112. The maximum Gasteiger partial charge on any atom is 0.494 e. The predicted octanol–water partition coefficient (Wildman–Crippen LogP) is 31.3. The summed E-state index contributed by atoms with van der Waals surface area (Å²) in [7, 11) is -0.355. The highest BCUT2D eigenvalue weighted by atomic mass is 16.7. The minimum atomic E-state index is -0.355. The molecule has 0 unspecified atom stereocenters. The van der Waals surface area contributed by atoms with Crippen molar-refractivity contribution in [3.63, 3.8) is 0 Å². The van der Waals surface area contributed by atoms with Gasteiger partial charge in [0.1, 0.15) is 0 Å². The maximum atomic E-state index is 6.39. The number of rotatable bonds is 6. The van der Waals surface area contributed by atoms with Crippen LogP contribution in [0.5, 0.6) is 0 Å². The van der Waals surface area contributed by atoms with Crippen molar-refractivity contribution in [2.24, 2.45) is 0 Å². The molecule has 3 heteroatoms. The Morgan fingerprint density at radius 3 is 0.942 bits per heavy atom. The summed E-state index contributed by atoms with van der Waals surface area (Å²) in [6.45, 7) is 20.1. The van der Waals surface area contributed by atoms with Crippen LogP contribution in [0.15, 0.2) is 364 Å². The van der Waals surface area contributed by atoms with Gasteiger partial charge in [-0.2, -0.15) is 0 Å². The molecule has 22 aromatic rings. The minimum Gasteiger partial charge on any atom is -0.399 e. The summed E-state index contributed by atoms with van der Waals surface area (Å²) in [5, 5.41) is 31.7. The summed E-state index contributed by atoms with van der Waals surface area (Å²) in [5.41, 5.74) is 24.9. The summed E-state index contributed by atoms with van der Waals surface area (Å²) in [4.78, 5) is 0. The summed E-state index contributed by atoms with van der Waals surface area (Å²) in [6.07, 6.45) is 0. The molecule has 0 atom stereocenters. The van der Waals surface area contributed by atoms with E-state index in [9.17, 15) is 0 Å². The lowest BCUT2D eigenvalue weighted by atomic mass is 9.74. The van der Waals surface area contributed by atoms with E-state index in [2.05, 4.69) is 426 Å². The van der Waals surface area contributed by atoms with Crippen molar-refractivity contribution >= 4 is 142 Å². The van der Waals surface area contributed by atoms with Gasteiger partial charge in [-0.3, -0.25) is 0 Å². The molecule has 0 radical (unpaired) electrons. The summed E-state index contributed by atoms with van der Waals surface area (Å²) in [5.74, 6) is 0. The van der Waals surface area contributed by atoms with Crippen molar-refractivity contribution in [3.8, 4) is 77.9 Å². The van der Waals surface area contributed by atoms with Crippen molar-refractivity contribution in [2.45, 2.75) is 84.3 Å². The van der Waals surface area contributed by atoms with Crippen molar-refractivity contribution in [1.29, 1.82) is 0 Å². The van der Waals surface area contributed by atoms with Gasteiger partial charge in [-0.15, -0.1) is 0 Å². The molecule has 120 heavy (non-hydrogen) atoms. The van der Waals surface area contributed by atoms with E-state index in [0.717, 1.165) is 5.46 Å². The topological polar surface area (TPSA) is 18.5 Å². The van der Waals surface area contributed by atoms with Gasteiger partial charge in [0, 0.05) is 10.8 Å². The Hall–Kier alpha value is -13.5. The second kappa shape index (κ2) is 26.7. The van der Waals surface area contributed by atoms with Gasteiger partial charge in [-0.05, 0) is 306 Å². The quantitative estimate of drug-likeness (QED) is 0.122. The first kappa shape index (κ1) is 71.8. The largest absolute Gasteiger partial charge is 0.494 e. The van der Waals surface area contributed by atoms with E-state index in [4.69, 9.17) is 9.31 Å². The lowest BCUT2D eigenvalue weighted by molar-refractivity contribution is 0.00578. The molecule has 1 heterocycles. The van der Waals surface area contributed by atoms with Crippen molar-refractivity contribution in [2.75, 3.05) is 0 Å². The third kappa shape index (κ3) is 11.0. The van der Waals surface area contributed by atoms with Crippen LogP contribution >= 0.6 is 0 Å². The molecule has 3 aliphatic rings. The number of aryl methyl sites for hydroxylation is 1. The van der Waals surface area contributed by atoms with E-state index in [-0.39, 0.29) is 29.2 Å². The van der Waals surface area contributed by atoms with Gasteiger partial charge in [-0.25, -0.2) is 0 Å². The molecular formula is C117H87BO2. The molecule has 0 bridgehead atoms. The van der Waals surface area contributed by atoms with Crippen LogP contribution in [-0.2, 0) is 20.1 Å². The van der Waals surface area contributed by atoms with E-state index in [1.165, 1.54) is 235 Å². The van der Waals surface area contributed by atoms with Crippen molar-refractivity contribution < 1.29 is 9.31 Å². The van der Waals surface area contributed by atoms with Gasteiger partial charge in [-0.1, -0.05) is 361 Å². The Bertz CT molecular complexity index is 7990. The Morgan fingerprint density at radius 2 is 0.508 bits per heavy atom. The molecule has 2 aliphatic carbocycles. The van der Waals surface area contributed by atoms with Crippen LogP contribution in [0.3, 0.4) is 0 Å². The molecule has 0 aromatic heterocycles. The molecule has 25 rings (SSSR count). The highest BCUT2D eigenvalue weighted by Crippen LogP contribution is 2.56. The maximum absolute atomic E-state index is 6.39. The van der Waals surface area contributed by atoms with Crippen LogP contribution < -0.4 is 5.46 Å². The first-order valence-corrected chi connectivity index (χ1v) is 42.5. The lowest BCUT2D eigenvalue weighted by Gasteiger charge is -2.32. The van der Waals surface area contributed by atoms with Gasteiger partial charge >= 0.3 is 7.12 Å². The van der Waals surface area contributed by atoms with Gasteiger partial charge in [0.15, 0.2) is 0 Å². The molecule has 570 valence electrons. The predicted molar refractivity (Wildman–Crippen MR) is 515 cm³/mol. The monoisotopic (exact) mass is 1530 g/mol. The second-order valence-corrected chi connectivity index (χ2v) is 36.0. The third-order valence-corrected chi connectivity index (χ3v) is 28.0. The molecule has 2 nitrogen and oxygen atoms in total. The van der Waals surface area contributed by atoms with E-state index in [1.54, 1.807) is 0 Å². The molecule has 1 aliphatic heterocycles. The van der Waals surface area contributed by atoms with Crippen LogP contribution in [0.2, 0.25) is 0 Å². The van der Waals surface area contributed by atoms with Crippen LogP contribution in [-0.4, -0.2) is 18.3 Å². The van der Waals surface area contributed by atoms with E-state index in [1.807, 2.05) is 0 Å². The van der Waals surface area contributed by atoms with Crippen molar-refractivity contribution in [3.05, 3.63) is 392 Å². The fourth-order valence-corrected chi connectivity index (χ4v) is 21.1. The summed E-state index contributed by atoms with van der Waals surface area (Å²) in [6, 6.07) is 135. The lowest BCUT2D eigenvalue weighted by Crippen LogP contribution is -2.41. The fourth-order valence-electron chi connectivity index (χ4n) is 21.1. The summed E-state index contributed by atoms with van der Waals surface area (Å²) >= 11 is 0. The van der Waals surface area contributed by atoms with Crippen LogP contribution in [0.4, 0.5) is 0 Å². The third-order valence-electron chi connectivity index (χ3n) is 28.0. The standard InChI is InChI=1S/C55H36.C33H31BO2.C29H20/c1-55(2)51-30-38(24-27-45(51)50-31-48-41-17-8-6-15-39(41)40-16-7-9-18-42(40)49(48)32-52(50)55)37-23-26-44(47(29-37)33-11-4-3-5-12-33)43-25-21-36-20-19-34-13-10-14-35-22-28-46(43)54(36)53(34)35;1-31(2)29-17-20(34-35-32(3,4)33(5,6)36-34)15-16-25(29)28-18-26-23-13-9-7-11-21(23)22-12-8-10-14-24(22)27(26)19-30(28)31;1-19-10-15-25(27(18-19)20-6-3-2-4-7-20)24-16-13-23-12-11-21-8-5-9-22-14-17-26(24)29(23)28(21)22/h3-32H,1-2H3;7-19H,1-6H3;2-18H,1H3. The molecule has 0 amide bonds. The average molecular weight is 1540 g/mol.